The molecule has 0 spiro atoms. The number of alkyl halides is 12. The molecule has 52 heavy (non-hydrogen) atoms. The van der Waals surface area contributed by atoms with Gasteiger partial charge in [0.25, 0.3) is 0 Å². The van der Waals surface area contributed by atoms with Gasteiger partial charge in [0.1, 0.15) is 22.3 Å². The highest BCUT2D eigenvalue weighted by Crippen LogP contribution is 2.49. The van der Waals surface area contributed by atoms with Crippen molar-refractivity contribution in [2.75, 3.05) is 0 Å². The van der Waals surface area contributed by atoms with Crippen molar-refractivity contribution in [3.63, 3.8) is 0 Å². The Balaban J connectivity index is 1.84. The molecule has 5 aromatic rings. The third-order valence-corrected chi connectivity index (χ3v) is 8.28. The van der Waals surface area contributed by atoms with Crippen molar-refractivity contribution in [1.82, 2.24) is 19.9 Å². The molecular formula is C36H18F12N4. The van der Waals surface area contributed by atoms with Gasteiger partial charge in [-0.1, -0.05) is 60.7 Å². The fourth-order valence-electron chi connectivity index (χ4n) is 6.31. The van der Waals surface area contributed by atoms with E-state index in [1.54, 1.807) is 0 Å². The summed E-state index contributed by atoms with van der Waals surface area (Å²) in [5, 5.41) is 0. The maximum Gasteiger partial charge on any atom is 0.420 e. The zero-order valence-electron chi connectivity index (χ0n) is 25.7. The predicted molar refractivity (Wildman–Crippen MR) is 168 cm³/mol. The fourth-order valence-corrected chi connectivity index (χ4v) is 6.31. The number of aromatic amines is 2. The first-order valence-corrected chi connectivity index (χ1v) is 15.0. The molecule has 2 N–H and O–H groups in total. The summed E-state index contributed by atoms with van der Waals surface area (Å²) in [5.74, 6) is 0. The Labute approximate surface area is 283 Å². The van der Waals surface area contributed by atoms with E-state index >= 15 is 26.3 Å². The number of rotatable bonds is 2. The molecule has 8 bridgehead atoms. The predicted octanol–water partition coefficient (Wildman–Crippen LogP) is 11.6. The molecule has 16 heteroatoms. The van der Waals surface area contributed by atoms with E-state index in [1.807, 2.05) is 4.98 Å². The van der Waals surface area contributed by atoms with E-state index in [1.165, 1.54) is 60.7 Å². The Morgan fingerprint density at radius 1 is 0.365 bits per heavy atom. The standard InChI is InChI=1S/C36H18F12N4/c37-33(38,39)27-19-11-12-20(49-19)28(34(40,41)42)22-14-16-24(51-22)30(36(46,47)48)32-26(18-9-5-2-6-10-18)25(17-7-3-1-4-8-17)31(52-32)29(35(43,44)45)23-15-13-21(27)50-23/h1-16,49-50H. The lowest BCUT2D eigenvalue weighted by Crippen LogP contribution is -2.12. The van der Waals surface area contributed by atoms with Crippen LogP contribution in [0.25, 0.3) is 45.4 Å². The smallest absolute Gasteiger partial charge is 0.354 e. The van der Waals surface area contributed by atoms with Crippen LogP contribution in [0.5, 0.6) is 0 Å². The van der Waals surface area contributed by atoms with Crippen LogP contribution in [0.1, 0.15) is 56.2 Å². The van der Waals surface area contributed by atoms with E-state index in [-0.39, 0.29) is 11.1 Å². The van der Waals surface area contributed by atoms with Crippen molar-refractivity contribution >= 4 is 45.4 Å². The molecule has 0 aliphatic carbocycles. The second-order valence-corrected chi connectivity index (χ2v) is 11.6. The van der Waals surface area contributed by atoms with E-state index in [4.69, 9.17) is 0 Å². The van der Waals surface area contributed by atoms with Crippen molar-refractivity contribution in [3.8, 4) is 0 Å². The van der Waals surface area contributed by atoms with Crippen LogP contribution in [-0.4, -0.2) is 19.9 Å². The molecule has 2 aromatic carbocycles. The Morgan fingerprint density at radius 3 is 1.12 bits per heavy atom. The summed E-state index contributed by atoms with van der Waals surface area (Å²) in [6.07, 6.45) is -20.4. The minimum atomic E-state index is -5.47. The lowest BCUT2D eigenvalue weighted by molar-refractivity contribution is -0.138. The Kier molecular flexibility index (Phi) is 7.92. The number of benzene rings is 2. The van der Waals surface area contributed by atoms with Gasteiger partial charge < -0.3 is 9.97 Å². The quantitative estimate of drug-likeness (QED) is 0.174. The van der Waals surface area contributed by atoms with Gasteiger partial charge in [-0.2, -0.15) is 52.7 Å². The molecule has 0 amide bonds. The highest BCUT2D eigenvalue weighted by molar-refractivity contribution is 6.07. The summed E-state index contributed by atoms with van der Waals surface area (Å²) in [7, 11) is 0. The fraction of sp³-hybridized carbons (Fsp3) is 0.111. The molecule has 4 nitrogen and oxygen atoms in total. The van der Waals surface area contributed by atoms with Crippen molar-refractivity contribution in [3.05, 3.63) is 141 Å². The monoisotopic (exact) mass is 734 g/mol. The van der Waals surface area contributed by atoms with Gasteiger partial charge in [-0.3, -0.25) is 0 Å². The lowest BCUT2D eigenvalue weighted by Gasteiger charge is -2.15. The van der Waals surface area contributed by atoms with Crippen molar-refractivity contribution in [1.29, 1.82) is 0 Å². The van der Waals surface area contributed by atoms with Gasteiger partial charge in [-0.05, 0) is 47.5 Å². The summed E-state index contributed by atoms with van der Waals surface area (Å²) in [6.45, 7) is 0. The second kappa shape index (κ2) is 11.9. The summed E-state index contributed by atoms with van der Waals surface area (Å²) in [5.41, 5.74) is -16.2. The van der Waals surface area contributed by atoms with E-state index < -0.39 is 103 Å². The number of hydrogen-bond acceptors (Lipinski definition) is 2. The van der Waals surface area contributed by atoms with Gasteiger partial charge in [0, 0.05) is 11.1 Å². The van der Waals surface area contributed by atoms with Gasteiger partial charge >= 0.3 is 24.7 Å². The number of halogens is 12. The molecule has 266 valence electrons. The molecule has 3 aromatic heterocycles. The highest BCUT2D eigenvalue weighted by atomic mass is 19.4. The Hall–Kier alpha value is -5.80. The van der Waals surface area contributed by atoms with E-state index in [0.29, 0.717) is 36.4 Å². The van der Waals surface area contributed by atoms with Gasteiger partial charge in [-0.25, -0.2) is 9.97 Å². The molecule has 0 saturated heterocycles. The minimum Gasteiger partial charge on any atom is -0.354 e. The highest BCUT2D eigenvalue weighted by Gasteiger charge is 2.45. The van der Waals surface area contributed by atoms with Crippen LogP contribution in [0.3, 0.4) is 0 Å². The number of hydrogen-bond donors (Lipinski definition) is 2. The normalized spacial score (nSPS) is 14.0. The molecule has 0 fully saturated rings. The first kappa shape index (κ1) is 34.6. The van der Waals surface area contributed by atoms with E-state index in [2.05, 4.69) is 15.0 Å². The van der Waals surface area contributed by atoms with Crippen molar-refractivity contribution in [2.24, 2.45) is 0 Å². The van der Waals surface area contributed by atoms with Gasteiger partial charge in [0.05, 0.1) is 44.8 Å². The Bertz CT molecular complexity index is 2440. The molecule has 0 saturated carbocycles. The zero-order valence-corrected chi connectivity index (χ0v) is 25.7. The third kappa shape index (κ3) is 6.01. The average molecular weight is 735 g/mol. The largest absolute Gasteiger partial charge is 0.420 e. The number of nitrogens with zero attached hydrogens (tertiary/aromatic N) is 2. The molecule has 7 rings (SSSR count). The summed E-state index contributed by atoms with van der Waals surface area (Å²) < 4.78 is 179. The van der Waals surface area contributed by atoms with Crippen LogP contribution in [-0.2, 0) is 24.7 Å². The molecule has 0 atom stereocenters. The lowest BCUT2D eigenvalue weighted by atomic mass is 9.89. The maximum atomic E-state index is 15.3. The Morgan fingerprint density at radius 2 is 0.712 bits per heavy atom. The number of aromatic nitrogens is 4. The minimum absolute atomic E-state index is 0.0481. The third-order valence-electron chi connectivity index (χ3n) is 8.28. The number of H-pyrrole nitrogens is 2. The summed E-state index contributed by atoms with van der Waals surface area (Å²) in [6, 6.07) is 16.3. The van der Waals surface area contributed by atoms with Crippen molar-refractivity contribution in [2.45, 2.75) is 24.7 Å². The van der Waals surface area contributed by atoms with Crippen LogP contribution in [0.2, 0.25) is 0 Å². The molecule has 2 aliphatic rings. The first-order chi connectivity index (χ1) is 24.3. The molecule has 0 unspecified atom stereocenters. The van der Waals surface area contributed by atoms with Crippen LogP contribution in [0, 0.1) is 0 Å². The van der Waals surface area contributed by atoms with Crippen LogP contribution in [0.4, 0.5) is 52.7 Å². The number of fused-ring (bicyclic) bond motifs is 8. The van der Waals surface area contributed by atoms with Crippen LogP contribution >= 0.6 is 0 Å². The van der Waals surface area contributed by atoms with Gasteiger partial charge in [0.15, 0.2) is 0 Å². The zero-order chi connectivity index (χ0) is 37.4. The first-order valence-electron chi connectivity index (χ1n) is 15.0. The molecular weight excluding hydrogens is 716 g/mol. The van der Waals surface area contributed by atoms with Crippen LogP contribution < -0.4 is 0 Å². The molecule has 0 radical (unpaired) electrons. The van der Waals surface area contributed by atoms with Gasteiger partial charge in [-0.15, -0.1) is 0 Å². The van der Waals surface area contributed by atoms with Gasteiger partial charge in [0.2, 0.25) is 0 Å². The maximum absolute atomic E-state index is 15.3. The molecule has 2 aliphatic heterocycles. The van der Waals surface area contributed by atoms with Crippen LogP contribution in [0.15, 0.2) is 84.9 Å². The van der Waals surface area contributed by atoms with E-state index in [0.717, 1.165) is 0 Å². The number of nitrogens with one attached hydrogen (secondary N) is 2. The average Bonchev–Trinajstić information content (AvgIpc) is 3.85. The SMILES string of the molecule is FC(F)(F)c1c2nc(c(C(F)(F)F)c3ccc([nH]3)c(C(F)(F)F)c3ccc([nH]3)c(C(F)(F)F)c3nc1C(c1ccccc1)=C3c1ccccc1)C=C2. The topological polar surface area (TPSA) is 57.4 Å². The molecule has 5 heterocycles. The second-order valence-electron chi connectivity index (χ2n) is 11.6. The summed E-state index contributed by atoms with van der Waals surface area (Å²) >= 11 is 0. The summed E-state index contributed by atoms with van der Waals surface area (Å²) in [4.78, 5) is 11.7. The van der Waals surface area contributed by atoms with E-state index in [9.17, 15) is 26.3 Å². The van der Waals surface area contributed by atoms with Crippen molar-refractivity contribution < 1.29 is 52.7 Å².